The van der Waals surface area contributed by atoms with Crippen molar-refractivity contribution in [1.29, 1.82) is 0 Å². The van der Waals surface area contributed by atoms with Gasteiger partial charge in [0.25, 0.3) is 0 Å². The lowest BCUT2D eigenvalue weighted by molar-refractivity contribution is -0.149. The number of hydrogen-bond acceptors (Lipinski definition) is 7. The number of esters is 1. The highest BCUT2D eigenvalue weighted by Crippen LogP contribution is 2.55. The van der Waals surface area contributed by atoms with E-state index < -0.39 is 5.41 Å². The van der Waals surface area contributed by atoms with Crippen molar-refractivity contribution >= 4 is 40.0 Å². The second kappa shape index (κ2) is 8.89. The predicted molar refractivity (Wildman–Crippen MR) is 143 cm³/mol. The van der Waals surface area contributed by atoms with Gasteiger partial charge in [0.15, 0.2) is 5.78 Å². The average molecular weight is 533 g/mol. The molecular weight excluding hydrogens is 504 g/mol. The molecule has 2 saturated heterocycles. The zero-order chi connectivity index (χ0) is 26.9. The molecule has 0 spiro atoms. The van der Waals surface area contributed by atoms with Crippen LogP contribution in [0.5, 0.6) is 11.6 Å². The monoisotopic (exact) mass is 532 g/mol. The van der Waals surface area contributed by atoms with E-state index in [0.717, 1.165) is 29.5 Å². The number of allylic oxidation sites excluding steroid dienone is 1. The standard InChI is InChI=1S/C30H29ClN2O5/c1-14-10-17(36-22-13-32-19-12-16(31)6-7-18(19)33-22)11-15(2)23(14)26-27(34)24-20-8-9-21(37-20)25(24)28(26)38-29(35)30(3,4)5/h6-7,10-13,20-21,24-25H,8-9H2,1-5H3/t20-,21+,24-,25+/m0/s1. The second-order valence-corrected chi connectivity index (χ2v) is 11.9. The number of halogens is 1. The number of carbonyl (C=O) groups is 2. The number of nitrogens with zero attached hydrogens (tertiary/aromatic N) is 2. The summed E-state index contributed by atoms with van der Waals surface area (Å²) >= 11 is 6.05. The largest absolute Gasteiger partial charge is 0.437 e. The summed E-state index contributed by atoms with van der Waals surface area (Å²) in [7, 11) is 0. The number of aromatic nitrogens is 2. The molecule has 6 rings (SSSR count). The highest BCUT2D eigenvalue weighted by Gasteiger charge is 2.60. The van der Waals surface area contributed by atoms with Crippen molar-refractivity contribution in [3.05, 3.63) is 64.0 Å². The van der Waals surface area contributed by atoms with Gasteiger partial charge in [0.05, 0.1) is 52.3 Å². The maximum atomic E-state index is 13.9. The van der Waals surface area contributed by atoms with Crippen molar-refractivity contribution < 1.29 is 23.8 Å². The molecule has 1 aliphatic carbocycles. The van der Waals surface area contributed by atoms with Crippen LogP contribution in [0.4, 0.5) is 0 Å². The van der Waals surface area contributed by atoms with Crippen molar-refractivity contribution in [1.82, 2.24) is 9.97 Å². The molecule has 7 nitrogen and oxygen atoms in total. The number of aryl methyl sites for hydroxylation is 2. The molecular formula is C30H29ClN2O5. The fourth-order valence-corrected chi connectivity index (χ4v) is 6.10. The minimum atomic E-state index is -0.703. The minimum Gasteiger partial charge on any atom is -0.437 e. The van der Waals surface area contributed by atoms with Crippen LogP contribution in [0.15, 0.2) is 42.3 Å². The van der Waals surface area contributed by atoms with Gasteiger partial charge in [0.2, 0.25) is 5.88 Å². The smallest absolute Gasteiger partial charge is 0.316 e. The molecule has 0 amide bonds. The zero-order valence-electron chi connectivity index (χ0n) is 22.0. The molecule has 2 aromatic carbocycles. The topological polar surface area (TPSA) is 87.6 Å². The van der Waals surface area contributed by atoms with Gasteiger partial charge in [0, 0.05) is 5.02 Å². The van der Waals surface area contributed by atoms with Crippen molar-refractivity contribution in [2.75, 3.05) is 0 Å². The van der Waals surface area contributed by atoms with E-state index in [1.54, 1.807) is 24.4 Å². The lowest BCUT2D eigenvalue weighted by Gasteiger charge is -2.24. The van der Waals surface area contributed by atoms with Gasteiger partial charge in [-0.3, -0.25) is 9.59 Å². The molecule has 196 valence electrons. The molecule has 0 saturated carbocycles. The third-order valence-corrected chi connectivity index (χ3v) is 7.88. The summed E-state index contributed by atoms with van der Waals surface area (Å²) in [5, 5.41) is 0.592. The molecule has 3 aromatic rings. The fourth-order valence-electron chi connectivity index (χ4n) is 5.93. The van der Waals surface area contributed by atoms with Crippen molar-refractivity contribution in [3.8, 4) is 11.6 Å². The molecule has 4 atom stereocenters. The number of Topliss-reactive ketones (excluding diaryl/α,β-unsaturated/α-hetero) is 1. The van der Waals surface area contributed by atoms with Crippen LogP contribution in [0.2, 0.25) is 5.02 Å². The van der Waals surface area contributed by atoms with Crippen LogP contribution in [0, 0.1) is 31.1 Å². The molecule has 0 N–H and O–H groups in total. The summed E-state index contributed by atoms with van der Waals surface area (Å²) in [6.45, 7) is 9.31. The summed E-state index contributed by atoms with van der Waals surface area (Å²) in [6, 6.07) is 9.05. The summed E-state index contributed by atoms with van der Waals surface area (Å²) in [5.74, 6) is 0.512. The second-order valence-electron chi connectivity index (χ2n) is 11.5. The number of rotatable bonds is 4. The SMILES string of the molecule is Cc1cc(Oc2cnc3cc(Cl)ccc3n2)cc(C)c1C1=C(OC(=O)C(C)(C)C)[C@H]2[C@@H](C1=O)[C@@H]1CC[C@H]2O1. The Bertz CT molecular complexity index is 1520. The van der Waals surface area contributed by atoms with Crippen LogP contribution < -0.4 is 4.74 Å². The first kappa shape index (κ1) is 25.0. The molecule has 0 unspecified atom stereocenters. The number of ether oxygens (including phenoxy) is 3. The average Bonchev–Trinajstić information content (AvgIpc) is 3.53. The first-order valence-electron chi connectivity index (χ1n) is 12.9. The van der Waals surface area contributed by atoms with Crippen molar-refractivity contribution in [2.45, 2.75) is 59.7 Å². The molecule has 1 aromatic heterocycles. The van der Waals surface area contributed by atoms with Gasteiger partial charge in [-0.25, -0.2) is 9.97 Å². The van der Waals surface area contributed by atoms with E-state index in [9.17, 15) is 9.59 Å². The van der Waals surface area contributed by atoms with Crippen LogP contribution in [-0.4, -0.2) is 33.9 Å². The summed E-state index contributed by atoms with van der Waals surface area (Å²) in [4.78, 5) is 35.8. The number of benzene rings is 2. The van der Waals surface area contributed by atoms with E-state index in [0.29, 0.717) is 39.0 Å². The summed E-state index contributed by atoms with van der Waals surface area (Å²) < 4.78 is 18.2. The summed E-state index contributed by atoms with van der Waals surface area (Å²) in [5.41, 5.74) is 3.63. The van der Waals surface area contributed by atoms with Gasteiger partial charge in [0.1, 0.15) is 11.5 Å². The van der Waals surface area contributed by atoms with Crippen LogP contribution in [0.1, 0.15) is 50.3 Å². The number of carbonyl (C=O) groups excluding carboxylic acids is 2. The van der Waals surface area contributed by atoms with E-state index in [1.807, 2.05) is 46.8 Å². The maximum Gasteiger partial charge on any atom is 0.316 e. The molecule has 2 bridgehead atoms. The summed E-state index contributed by atoms with van der Waals surface area (Å²) in [6.07, 6.45) is 3.06. The van der Waals surface area contributed by atoms with Gasteiger partial charge in [-0.2, -0.15) is 0 Å². The van der Waals surface area contributed by atoms with E-state index in [2.05, 4.69) is 9.97 Å². The lowest BCUT2D eigenvalue weighted by Crippen LogP contribution is -2.31. The van der Waals surface area contributed by atoms with Gasteiger partial charge in [-0.15, -0.1) is 0 Å². The van der Waals surface area contributed by atoms with Gasteiger partial charge in [-0.1, -0.05) is 11.6 Å². The Labute approximate surface area is 226 Å². The van der Waals surface area contributed by atoms with Crippen molar-refractivity contribution in [2.24, 2.45) is 17.3 Å². The molecule has 0 radical (unpaired) electrons. The van der Waals surface area contributed by atoms with Crippen molar-refractivity contribution in [3.63, 3.8) is 0 Å². The Morgan fingerprint density at radius 1 is 1.03 bits per heavy atom. The first-order chi connectivity index (χ1) is 18.0. The molecule has 2 aliphatic heterocycles. The minimum absolute atomic E-state index is 0.00201. The number of fused-ring (bicyclic) bond motifs is 6. The molecule has 2 fully saturated rings. The molecule has 3 heterocycles. The van der Waals surface area contributed by atoms with Crippen LogP contribution in [0.3, 0.4) is 0 Å². The highest BCUT2D eigenvalue weighted by atomic mass is 35.5. The Morgan fingerprint density at radius 3 is 2.39 bits per heavy atom. The Hall–Kier alpha value is -3.29. The molecule has 3 aliphatic rings. The number of hydrogen-bond donors (Lipinski definition) is 0. The van der Waals surface area contributed by atoms with Crippen LogP contribution in [0.25, 0.3) is 16.6 Å². The normalized spacial score (nSPS) is 24.3. The van der Waals surface area contributed by atoms with Crippen LogP contribution in [-0.2, 0) is 19.1 Å². The third-order valence-electron chi connectivity index (χ3n) is 7.65. The fraction of sp³-hybridized carbons (Fsp3) is 0.400. The van der Waals surface area contributed by atoms with Gasteiger partial charge in [-0.05, 0) is 94.5 Å². The van der Waals surface area contributed by atoms with Gasteiger partial charge >= 0.3 is 5.97 Å². The predicted octanol–water partition coefficient (Wildman–Crippen LogP) is 6.37. The van der Waals surface area contributed by atoms with Crippen LogP contribution >= 0.6 is 11.6 Å². The first-order valence-corrected chi connectivity index (χ1v) is 13.3. The Morgan fingerprint density at radius 2 is 1.71 bits per heavy atom. The number of ketones is 1. The Balaban J connectivity index is 1.39. The highest BCUT2D eigenvalue weighted by molar-refractivity contribution is 6.31. The molecule has 8 heteroatoms. The van der Waals surface area contributed by atoms with E-state index in [1.165, 1.54) is 0 Å². The zero-order valence-corrected chi connectivity index (χ0v) is 22.8. The third kappa shape index (κ3) is 4.09. The van der Waals surface area contributed by atoms with E-state index in [-0.39, 0.29) is 35.8 Å². The van der Waals surface area contributed by atoms with Gasteiger partial charge < -0.3 is 14.2 Å². The lowest BCUT2D eigenvalue weighted by atomic mass is 9.80. The molecule has 38 heavy (non-hydrogen) atoms. The maximum absolute atomic E-state index is 13.9. The van der Waals surface area contributed by atoms with E-state index in [4.69, 9.17) is 25.8 Å². The van der Waals surface area contributed by atoms with E-state index >= 15 is 0 Å². The Kier molecular flexibility index (Phi) is 5.85. The quantitative estimate of drug-likeness (QED) is 0.361.